The second kappa shape index (κ2) is 8.20. The summed E-state index contributed by atoms with van der Waals surface area (Å²) >= 11 is 0. The number of nitrogens with one attached hydrogen (secondary N) is 1. The standard InChI is InChI=1S/C21H27N5O/c1-15(2)13-25-17(4)20(16(3)24-25)10-21(27)22-11-18-12-23-26(14-18)19-8-6-5-7-9-19/h5-9,12,14-15H,10-11,13H2,1-4H3,(H,22,27). The fourth-order valence-corrected chi connectivity index (χ4v) is 3.11. The Hall–Kier alpha value is -2.89. The van der Waals surface area contributed by atoms with Gasteiger partial charge < -0.3 is 5.32 Å². The van der Waals surface area contributed by atoms with Gasteiger partial charge in [0.15, 0.2) is 0 Å². The van der Waals surface area contributed by atoms with E-state index in [1.807, 2.05) is 59.7 Å². The van der Waals surface area contributed by atoms with Gasteiger partial charge in [-0.3, -0.25) is 9.48 Å². The third kappa shape index (κ3) is 4.64. The van der Waals surface area contributed by atoms with Crippen LogP contribution < -0.4 is 5.32 Å². The van der Waals surface area contributed by atoms with Crippen molar-refractivity contribution in [1.82, 2.24) is 24.9 Å². The van der Waals surface area contributed by atoms with Gasteiger partial charge in [-0.1, -0.05) is 32.0 Å². The van der Waals surface area contributed by atoms with E-state index >= 15 is 0 Å². The van der Waals surface area contributed by atoms with E-state index in [-0.39, 0.29) is 5.91 Å². The van der Waals surface area contributed by atoms with Gasteiger partial charge in [0.25, 0.3) is 0 Å². The molecule has 0 aliphatic carbocycles. The summed E-state index contributed by atoms with van der Waals surface area (Å²) in [6, 6.07) is 9.91. The molecule has 6 nitrogen and oxygen atoms in total. The molecule has 0 saturated carbocycles. The Morgan fingerprint density at radius 3 is 2.63 bits per heavy atom. The van der Waals surface area contributed by atoms with Crippen molar-refractivity contribution >= 4 is 5.91 Å². The molecule has 0 unspecified atom stereocenters. The van der Waals surface area contributed by atoms with Gasteiger partial charge in [0.05, 0.1) is 24.0 Å². The van der Waals surface area contributed by atoms with Crippen molar-refractivity contribution in [3.63, 3.8) is 0 Å². The molecule has 0 bridgehead atoms. The molecule has 3 aromatic rings. The molecule has 0 atom stereocenters. The zero-order valence-corrected chi connectivity index (χ0v) is 16.4. The molecule has 27 heavy (non-hydrogen) atoms. The van der Waals surface area contributed by atoms with Crippen LogP contribution in [0.2, 0.25) is 0 Å². The average molecular weight is 365 g/mol. The van der Waals surface area contributed by atoms with E-state index in [1.165, 1.54) is 0 Å². The van der Waals surface area contributed by atoms with Crippen LogP contribution in [0.4, 0.5) is 0 Å². The van der Waals surface area contributed by atoms with Gasteiger partial charge in [-0.05, 0) is 31.9 Å². The maximum absolute atomic E-state index is 12.4. The Bertz CT molecular complexity index is 908. The Morgan fingerprint density at radius 1 is 1.19 bits per heavy atom. The number of aromatic nitrogens is 4. The zero-order valence-electron chi connectivity index (χ0n) is 16.4. The lowest BCUT2D eigenvalue weighted by Crippen LogP contribution is -2.24. The lowest BCUT2D eigenvalue weighted by Gasteiger charge is -2.08. The summed E-state index contributed by atoms with van der Waals surface area (Å²) < 4.78 is 3.82. The van der Waals surface area contributed by atoms with Gasteiger partial charge >= 0.3 is 0 Å². The number of hydrogen-bond donors (Lipinski definition) is 1. The number of rotatable bonds is 7. The Morgan fingerprint density at radius 2 is 1.93 bits per heavy atom. The molecule has 0 aliphatic heterocycles. The molecule has 2 aromatic heterocycles. The summed E-state index contributed by atoms with van der Waals surface area (Å²) in [6.07, 6.45) is 4.07. The van der Waals surface area contributed by atoms with Gasteiger partial charge in [0.1, 0.15) is 0 Å². The van der Waals surface area contributed by atoms with E-state index in [0.29, 0.717) is 18.9 Å². The average Bonchev–Trinajstić information content (AvgIpc) is 3.21. The highest BCUT2D eigenvalue weighted by Crippen LogP contribution is 2.15. The molecule has 1 aromatic carbocycles. The Balaban J connectivity index is 1.59. The van der Waals surface area contributed by atoms with E-state index in [9.17, 15) is 4.79 Å². The normalized spacial score (nSPS) is 11.1. The van der Waals surface area contributed by atoms with Gasteiger partial charge in [-0.25, -0.2) is 4.68 Å². The number of hydrogen-bond acceptors (Lipinski definition) is 3. The molecule has 142 valence electrons. The lowest BCUT2D eigenvalue weighted by atomic mass is 10.1. The van der Waals surface area contributed by atoms with E-state index in [0.717, 1.165) is 34.7 Å². The van der Waals surface area contributed by atoms with Crippen molar-refractivity contribution in [2.45, 2.75) is 47.2 Å². The van der Waals surface area contributed by atoms with E-state index < -0.39 is 0 Å². The Labute approximate surface area is 160 Å². The van der Waals surface area contributed by atoms with Gasteiger partial charge in [-0.2, -0.15) is 10.2 Å². The predicted octanol–water partition coefficient (Wildman–Crippen LogP) is 3.20. The van der Waals surface area contributed by atoms with E-state index in [2.05, 4.69) is 29.4 Å². The molecule has 1 N–H and O–H groups in total. The van der Waals surface area contributed by atoms with Crippen LogP contribution in [0, 0.1) is 19.8 Å². The number of amides is 1. The lowest BCUT2D eigenvalue weighted by molar-refractivity contribution is -0.120. The first kappa shape index (κ1) is 18.9. The van der Waals surface area contributed by atoms with Crippen molar-refractivity contribution in [2.75, 3.05) is 0 Å². The molecule has 0 fully saturated rings. The summed E-state index contributed by atoms with van der Waals surface area (Å²) in [5, 5.41) is 11.9. The molecular formula is C21H27N5O. The first-order valence-corrected chi connectivity index (χ1v) is 9.32. The third-order valence-electron chi connectivity index (χ3n) is 4.55. The summed E-state index contributed by atoms with van der Waals surface area (Å²) in [4.78, 5) is 12.4. The van der Waals surface area contributed by atoms with Crippen molar-refractivity contribution in [3.8, 4) is 5.69 Å². The van der Waals surface area contributed by atoms with Gasteiger partial charge in [-0.15, -0.1) is 0 Å². The van der Waals surface area contributed by atoms with Crippen LogP contribution in [-0.4, -0.2) is 25.5 Å². The molecule has 1 amide bonds. The van der Waals surface area contributed by atoms with Crippen LogP contribution >= 0.6 is 0 Å². The first-order valence-electron chi connectivity index (χ1n) is 9.32. The number of carbonyl (C=O) groups excluding carboxylic acids is 1. The summed E-state index contributed by atoms with van der Waals surface area (Å²) in [7, 11) is 0. The molecule has 6 heteroatoms. The SMILES string of the molecule is Cc1nn(CC(C)C)c(C)c1CC(=O)NCc1cnn(-c2ccccc2)c1. The van der Waals surface area contributed by atoms with Gasteiger partial charge in [0, 0.05) is 36.1 Å². The molecule has 2 heterocycles. The van der Waals surface area contributed by atoms with Crippen LogP contribution in [0.1, 0.15) is 36.4 Å². The van der Waals surface area contributed by atoms with Gasteiger partial charge in [0.2, 0.25) is 5.91 Å². The van der Waals surface area contributed by atoms with Crippen molar-refractivity contribution < 1.29 is 4.79 Å². The summed E-state index contributed by atoms with van der Waals surface area (Å²) in [5.41, 5.74) is 5.00. The van der Waals surface area contributed by atoms with Crippen LogP contribution in [0.25, 0.3) is 5.69 Å². The molecule has 0 spiro atoms. The topological polar surface area (TPSA) is 64.7 Å². The minimum atomic E-state index is -0.00208. The minimum Gasteiger partial charge on any atom is -0.352 e. The number of nitrogens with zero attached hydrogens (tertiary/aromatic N) is 4. The number of aryl methyl sites for hydroxylation is 1. The van der Waals surface area contributed by atoms with Crippen molar-refractivity contribution in [1.29, 1.82) is 0 Å². The van der Waals surface area contributed by atoms with Crippen LogP contribution in [-0.2, 0) is 24.3 Å². The Kier molecular flexibility index (Phi) is 5.74. The molecule has 0 saturated heterocycles. The number of para-hydroxylation sites is 1. The summed E-state index contributed by atoms with van der Waals surface area (Å²) in [6.45, 7) is 9.67. The second-order valence-corrected chi connectivity index (χ2v) is 7.31. The van der Waals surface area contributed by atoms with Crippen molar-refractivity contribution in [2.24, 2.45) is 5.92 Å². The minimum absolute atomic E-state index is 0.00208. The number of carbonyl (C=O) groups is 1. The second-order valence-electron chi connectivity index (χ2n) is 7.31. The smallest absolute Gasteiger partial charge is 0.224 e. The fourth-order valence-electron chi connectivity index (χ4n) is 3.11. The highest BCUT2D eigenvalue weighted by molar-refractivity contribution is 5.79. The highest BCUT2D eigenvalue weighted by Gasteiger charge is 2.15. The molecule has 0 aliphatic rings. The van der Waals surface area contributed by atoms with Crippen LogP contribution in [0.15, 0.2) is 42.7 Å². The van der Waals surface area contributed by atoms with E-state index in [1.54, 1.807) is 6.20 Å². The monoisotopic (exact) mass is 365 g/mol. The molecule has 3 rings (SSSR count). The maximum Gasteiger partial charge on any atom is 0.224 e. The predicted molar refractivity (Wildman–Crippen MR) is 106 cm³/mol. The summed E-state index contributed by atoms with van der Waals surface area (Å²) in [5.74, 6) is 0.517. The molecule has 0 radical (unpaired) electrons. The molecular weight excluding hydrogens is 338 g/mol. The first-order chi connectivity index (χ1) is 12.9. The zero-order chi connectivity index (χ0) is 19.4. The third-order valence-corrected chi connectivity index (χ3v) is 4.55. The largest absolute Gasteiger partial charge is 0.352 e. The van der Waals surface area contributed by atoms with E-state index in [4.69, 9.17) is 0 Å². The highest BCUT2D eigenvalue weighted by atomic mass is 16.1. The maximum atomic E-state index is 12.4. The quantitative estimate of drug-likeness (QED) is 0.699. The van der Waals surface area contributed by atoms with Crippen LogP contribution in [0.5, 0.6) is 0 Å². The van der Waals surface area contributed by atoms with Crippen LogP contribution in [0.3, 0.4) is 0 Å². The van der Waals surface area contributed by atoms with Crippen molar-refractivity contribution in [3.05, 3.63) is 65.2 Å². The fraction of sp³-hybridized carbons (Fsp3) is 0.381. The number of benzene rings is 1.